The molecular weight excluding hydrogens is 264 g/mol. The van der Waals surface area contributed by atoms with Gasteiger partial charge in [-0.2, -0.15) is 5.10 Å². The van der Waals surface area contributed by atoms with Crippen LogP contribution in [0, 0.1) is 5.92 Å². The first-order chi connectivity index (χ1) is 9.13. The summed E-state index contributed by atoms with van der Waals surface area (Å²) in [7, 11) is 0. The van der Waals surface area contributed by atoms with Crippen molar-refractivity contribution in [3.8, 4) is 0 Å². The topological polar surface area (TPSA) is 72.9 Å². The predicted molar refractivity (Wildman–Crippen MR) is 75.5 cm³/mol. The first-order valence-corrected chi connectivity index (χ1v) is 7.29. The molecule has 19 heavy (non-hydrogen) atoms. The Hall–Kier alpha value is -1.07. The number of anilines is 1. The molecule has 0 atom stereocenters. The largest absolute Gasteiger partial charge is 0.376 e. The number of hydrogen-bond donors (Lipinski definition) is 2. The number of rotatable bonds is 4. The van der Waals surface area contributed by atoms with Crippen LogP contribution in [-0.2, 0) is 6.54 Å². The maximum atomic E-state index is 12.3. The molecule has 2 fully saturated rings. The van der Waals surface area contributed by atoms with Crippen LogP contribution in [0.2, 0.25) is 5.02 Å². The molecule has 1 aromatic heterocycles. The summed E-state index contributed by atoms with van der Waals surface area (Å²) < 4.78 is 1.54. The molecular formula is C13H19ClN4O. The fourth-order valence-corrected chi connectivity index (χ4v) is 2.81. The van der Waals surface area contributed by atoms with Crippen LogP contribution < -0.4 is 16.6 Å². The van der Waals surface area contributed by atoms with E-state index in [-0.39, 0.29) is 17.6 Å². The van der Waals surface area contributed by atoms with Crippen molar-refractivity contribution < 1.29 is 0 Å². The zero-order chi connectivity index (χ0) is 13.4. The first kappa shape index (κ1) is 12.9. The van der Waals surface area contributed by atoms with Gasteiger partial charge in [-0.25, -0.2) is 4.68 Å². The van der Waals surface area contributed by atoms with Crippen LogP contribution >= 0.6 is 11.6 Å². The second-order valence-corrected chi connectivity index (χ2v) is 6.13. The van der Waals surface area contributed by atoms with Gasteiger partial charge in [0.15, 0.2) is 0 Å². The molecule has 3 rings (SSSR count). The summed E-state index contributed by atoms with van der Waals surface area (Å²) in [6, 6.07) is 0.509. The summed E-state index contributed by atoms with van der Waals surface area (Å²) >= 11 is 6.08. The number of nitrogens with zero attached hydrogens (tertiary/aromatic N) is 2. The minimum Gasteiger partial charge on any atom is -0.376 e. The van der Waals surface area contributed by atoms with Gasteiger partial charge in [0.05, 0.1) is 11.2 Å². The average molecular weight is 283 g/mol. The molecule has 0 amide bonds. The maximum absolute atomic E-state index is 12.3. The van der Waals surface area contributed by atoms with E-state index in [0.717, 1.165) is 12.8 Å². The highest BCUT2D eigenvalue weighted by Crippen LogP contribution is 2.28. The number of aromatic nitrogens is 2. The van der Waals surface area contributed by atoms with E-state index in [1.165, 1.54) is 23.9 Å². The fraction of sp³-hybridized carbons (Fsp3) is 0.692. The smallest absolute Gasteiger partial charge is 0.291 e. The van der Waals surface area contributed by atoms with Crippen molar-refractivity contribution in [1.29, 1.82) is 0 Å². The molecule has 0 aliphatic heterocycles. The summed E-state index contributed by atoms with van der Waals surface area (Å²) in [5.74, 6) is 0.594. The average Bonchev–Trinajstić information content (AvgIpc) is 2.28. The lowest BCUT2D eigenvalue weighted by molar-refractivity contribution is 0.262. The van der Waals surface area contributed by atoms with Crippen molar-refractivity contribution in [2.45, 2.75) is 50.7 Å². The Labute approximate surface area is 117 Å². The Morgan fingerprint density at radius 3 is 2.79 bits per heavy atom. The van der Waals surface area contributed by atoms with E-state index in [0.29, 0.717) is 23.2 Å². The van der Waals surface area contributed by atoms with Crippen molar-refractivity contribution in [3.63, 3.8) is 0 Å². The molecule has 1 aromatic rings. The van der Waals surface area contributed by atoms with Crippen LogP contribution in [-0.4, -0.2) is 21.9 Å². The Morgan fingerprint density at radius 2 is 2.21 bits per heavy atom. The second-order valence-electron chi connectivity index (χ2n) is 5.72. The van der Waals surface area contributed by atoms with Gasteiger partial charge in [-0.1, -0.05) is 18.0 Å². The summed E-state index contributed by atoms with van der Waals surface area (Å²) in [6.07, 6.45) is 6.98. The minimum atomic E-state index is -0.111. The van der Waals surface area contributed by atoms with Crippen LogP contribution in [0.1, 0.15) is 32.1 Å². The molecule has 2 aliphatic carbocycles. The molecule has 0 bridgehead atoms. The predicted octanol–water partition coefficient (Wildman–Crippen LogP) is 1.60. The fourth-order valence-electron chi connectivity index (χ4n) is 2.63. The van der Waals surface area contributed by atoms with Gasteiger partial charge in [0, 0.05) is 18.6 Å². The number of hydrogen-bond acceptors (Lipinski definition) is 4. The van der Waals surface area contributed by atoms with Gasteiger partial charge in [-0.05, 0) is 31.6 Å². The molecule has 104 valence electrons. The van der Waals surface area contributed by atoms with Gasteiger partial charge in [-0.15, -0.1) is 0 Å². The van der Waals surface area contributed by atoms with E-state index in [9.17, 15) is 4.79 Å². The lowest BCUT2D eigenvalue weighted by Crippen LogP contribution is -2.45. The molecule has 5 nitrogen and oxygen atoms in total. The Morgan fingerprint density at radius 1 is 1.47 bits per heavy atom. The summed E-state index contributed by atoms with van der Waals surface area (Å²) in [4.78, 5) is 12.3. The van der Waals surface area contributed by atoms with E-state index in [4.69, 9.17) is 17.3 Å². The Bertz CT molecular complexity index is 520. The van der Waals surface area contributed by atoms with E-state index in [1.807, 2.05) is 0 Å². The first-order valence-electron chi connectivity index (χ1n) is 6.91. The third-order valence-corrected chi connectivity index (χ3v) is 4.46. The van der Waals surface area contributed by atoms with Gasteiger partial charge >= 0.3 is 0 Å². The van der Waals surface area contributed by atoms with Crippen LogP contribution in [0.4, 0.5) is 5.69 Å². The van der Waals surface area contributed by atoms with E-state index in [2.05, 4.69) is 10.4 Å². The van der Waals surface area contributed by atoms with Crippen molar-refractivity contribution >= 4 is 17.3 Å². The van der Waals surface area contributed by atoms with Crippen LogP contribution in [0.15, 0.2) is 11.0 Å². The van der Waals surface area contributed by atoms with Gasteiger partial charge in [0.25, 0.3) is 5.56 Å². The van der Waals surface area contributed by atoms with Crippen LogP contribution in [0.3, 0.4) is 0 Å². The van der Waals surface area contributed by atoms with E-state index < -0.39 is 0 Å². The molecule has 0 radical (unpaired) electrons. The summed E-state index contributed by atoms with van der Waals surface area (Å²) in [5.41, 5.74) is 6.12. The van der Waals surface area contributed by atoms with E-state index in [1.54, 1.807) is 6.20 Å². The highest BCUT2D eigenvalue weighted by atomic mass is 35.5. The van der Waals surface area contributed by atoms with Crippen molar-refractivity contribution in [1.82, 2.24) is 9.78 Å². The second kappa shape index (κ2) is 5.13. The van der Waals surface area contributed by atoms with Crippen LogP contribution in [0.5, 0.6) is 0 Å². The van der Waals surface area contributed by atoms with Gasteiger partial charge in [0.1, 0.15) is 5.69 Å². The highest BCUT2D eigenvalue weighted by molar-refractivity contribution is 6.33. The minimum absolute atomic E-state index is 0.111. The number of nitrogens with one attached hydrogen (secondary N) is 1. The molecule has 0 saturated heterocycles. The molecule has 6 heteroatoms. The van der Waals surface area contributed by atoms with E-state index >= 15 is 0 Å². The standard InChI is InChI=1S/C13H19ClN4O/c14-11-6-16-18(7-8-2-1-3-8)13(19)12(11)17-10-4-9(15)5-10/h6,8-10,17H,1-5,7,15H2. The SMILES string of the molecule is NC1CC(Nc2c(Cl)cnn(CC3CCC3)c2=O)C1. The number of nitrogens with two attached hydrogens (primary N) is 1. The quantitative estimate of drug-likeness (QED) is 0.880. The van der Waals surface area contributed by atoms with Crippen molar-refractivity contribution in [2.75, 3.05) is 5.32 Å². The van der Waals surface area contributed by atoms with Gasteiger partial charge in [0.2, 0.25) is 0 Å². The molecule has 3 N–H and O–H groups in total. The maximum Gasteiger partial charge on any atom is 0.291 e. The van der Waals surface area contributed by atoms with Crippen LogP contribution in [0.25, 0.3) is 0 Å². The number of halogens is 1. The Kier molecular flexibility index (Phi) is 3.50. The normalized spacial score (nSPS) is 26.6. The zero-order valence-electron chi connectivity index (χ0n) is 10.8. The Balaban J connectivity index is 1.77. The third kappa shape index (κ3) is 2.62. The molecule has 2 saturated carbocycles. The molecule has 0 unspecified atom stereocenters. The molecule has 2 aliphatic rings. The van der Waals surface area contributed by atoms with Crippen molar-refractivity contribution in [3.05, 3.63) is 21.6 Å². The monoisotopic (exact) mass is 282 g/mol. The zero-order valence-corrected chi connectivity index (χ0v) is 11.6. The van der Waals surface area contributed by atoms with Gasteiger partial charge < -0.3 is 11.1 Å². The summed E-state index contributed by atoms with van der Waals surface area (Å²) in [6.45, 7) is 0.703. The lowest BCUT2D eigenvalue weighted by Gasteiger charge is -2.33. The highest BCUT2D eigenvalue weighted by Gasteiger charge is 2.27. The lowest BCUT2D eigenvalue weighted by atomic mass is 9.85. The third-order valence-electron chi connectivity index (χ3n) is 4.18. The molecule has 0 spiro atoms. The van der Waals surface area contributed by atoms with Crippen molar-refractivity contribution in [2.24, 2.45) is 11.7 Å². The van der Waals surface area contributed by atoms with Gasteiger partial charge in [-0.3, -0.25) is 4.79 Å². The summed E-state index contributed by atoms with van der Waals surface area (Å²) in [5, 5.41) is 7.74. The molecule has 1 heterocycles. The molecule has 0 aromatic carbocycles.